The van der Waals surface area contributed by atoms with E-state index >= 15 is 0 Å². The van der Waals surface area contributed by atoms with Crippen molar-refractivity contribution in [2.75, 3.05) is 11.9 Å². The van der Waals surface area contributed by atoms with Crippen LogP contribution in [-0.4, -0.2) is 42.3 Å². The molecule has 0 saturated carbocycles. The molecular formula is C22H24N2O6. The van der Waals surface area contributed by atoms with Gasteiger partial charge in [-0.1, -0.05) is 18.2 Å². The van der Waals surface area contributed by atoms with Crippen LogP contribution in [0.2, 0.25) is 0 Å². The molecule has 2 N–H and O–H groups in total. The zero-order valence-corrected chi connectivity index (χ0v) is 17.0. The summed E-state index contributed by atoms with van der Waals surface area (Å²) >= 11 is 0. The second kappa shape index (κ2) is 10.8. The lowest BCUT2D eigenvalue weighted by atomic mass is 10.1. The highest BCUT2D eigenvalue weighted by Gasteiger charge is 2.24. The fourth-order valence-electron chi connectivity index (χ4n) is 2.49. The van der Waals surface area contributed by atoms with E-state index in [0.717, 1.165) is 0 Å². The van der Waals surface area contributed by atoms with Crippen molar-refractivity contribution in [3.8, 4) is 5.75 Å². The Morgan fingerprint density at radius 3 is 2.17 bits per heavy atom. The fraction of sp³-hybridized carbons (Fsp3) is 0.273. The van der Waals surface area contributed by atoms with Crippen molar-refractivity contribution in [1.29, 1.82) is 0 Å². The number of amides is 2. The standard InChI is InChI=1S/C22H24N2O6/c1-14(23-20(26)13-29-19-7-5-4-6-8-19)22(28)30-15(2)21(27)17-9-11-18(12-10-17)24-16(3)25/h4-12,14-15H,13H2,1-3H3,(H,23,26)(H,24,25)/t14-,15+/m0/s1. The molecule has 0 fully saturated rings. The molecule has 0 bridgehead atoms. The normalized spacial score (nSPS) is 12.2. The maximum absolute atomic E-state index is 12.4. The average Bonchev–Trinajstić information content (AvgIpc) is 2.72. The lowest BCUT2D eigenvalue weighted by Gasteiger charge is -2.17. The minimum Gasteiger partial charge on any atom is -0.484 e. The molecule has 0 spiro atoms. The van der Waals surface area contributed by atoms with Gasteiger partial charge in [-0.15, -0.1) is 0 Å². The number of ether oxygens (including phenoxy) is 2. The molecule has 30 heavy (non-hydrogen) atoms. The highest BCUT2D eigenvalue weighted by molar-refractivity contribution is 6.01. The van der Waals surface area contributed by atoms with E-state index in [-0.39, 0.29) is 12.5 Å². The molecule has 0 aromatic heterocycles. The maximum Gasteiger partial charge on any atom is 0.329 e. The molecular weight excluding hydrogens is 388 g/mol. The Morgan fingerprint density at radius 1 is 0.933 bits per heavy atom. The van der Waals surface area contributed by atoms with E-state index in [1.54, 1.807) is 36.4 Å². The Kier molecular flexibility index (Phi) is 8.10. The summed E-state index contributed by atoms with van der Waals surface area (Å²) in [6, 6.07) is 14.1. The van der Waals surface area contributed by atoms with Gasteiger partial charge in [-0.05, 0) is 50.2 Å². The quantitative estimate of drug-likeness (QED) is 0.483. The van der Waals surface area contributed by atoms with E-state index in [4.69, 9.17) is 9.47 Å². The first-order chi connectivity index (χ1) is 14.3. The van der Waals surface area contributed by atoms with Crippen LogP contribution in [0.4, 0.5) is 5.69 Å². The highest BCUT2D eigenvalue weighted by Crippen LogP contribution is 2.13. The van der Waals surface area contributed by atoms with E-state index in [0.29, 0.717) is 17.0 Å². The lowest BCUT2D eigenvalue weighted by molar-refractivity contribution is -0.150. The van der Waals surface area contributed by atoms with Crippen LogP contribution in [0.3, 0.4) is 0 Å². The number of hydrogen-bond acceptors (Lipinski definition) is 6. The zero-order chi connectivity index (χ0) is 22.1. The summed E-state index contributed by atoms with van der Waals surface area (Å²) in [5.74, 6) is -1.31. The van der Waals surface area contributed by atoms with Gasteiger partial charge in [0.05, 0.1) is 0 Å². The molecule has 8 nitrogen and oxygen atoms in total. The van der Waals surface area contributed by atoms with E-state index < -0.39 is 29.8 Å². The molecule has 2 atom stereocenters. The number of hydrogen-bond donors (Lipinski definition) is 2. The molecule has 0 radical (unpaired) electrons. The largest absolute Gasteiger partial charge is 0.484 e. The topological polar surface area (TPSA) is 111 Å². The summed E-state index contributed by atoms with van der Waals surface area (Å²) in [6.45, 7) is 4.04. The van der Waals surface area contributed by atoms with Gasteiger partial charge in [-0.25, -0.2) is 4.79 Å². The molecule has 2 amide bonds. The first-order valence-corrected chi connectivity index (χ1v) is 9.36. The fourth-order valence-corrected chi connectivity index (χ4v) is 2.49. The van der Waals surface area contributed by atoms with Gasteiger partial charge in [0.25, 0.3) is 5.91 Å². The lowest BCUT2D eigenvalue weighted by Crippen LogP contribution is -2.43. The molecule has 8 heteroatoms. The van der Waals surface area contributed by atoms with Crippen molar-refractivity contribution in [2.24, 2.45) is 0 Å². The molecule has 0 aliphatic rings. The van der Waals surface area contributed by atoms with Crippen molar-refractivity contribution < 1.29 is 28.7 Å². The molecule has 0 saturated heterocycles. The molecule has 2 aromatic rings. The number of nitrogens with one attached hydrogen (secondary N) is 2. The molecule has 0 heterocycles. The van der Waals surface area contributed by atoms with Crippen molar-refractivity contribution in [3.63, 3.8) is 0 Å². The van der Waals surface area contributed by atoms with Gasteiger partial charge in [0.15, 0.2) is 12.7 Å². The van der Waals surface area contributed by atoms with Crippen molar-refractivity contribution in [2.45, 2.75) is 32.9 Å². The van der Waals surface area contributed by atoms with Crippen molar-refractivity contribution in [3.05, 3.63) is 60.2 Å². The van der Waals surface area contributed by atoms with Gasteiger partial charge in [0, 0.05) is 18.2 Å². The number of benzene rings is 2. The predicted octanol–water partition coefficient (Wildman–Crippen LogP) is 2.34. The third kappa shape index (κ3) is 7.05. The third-order valence-corrected chi connectivity index (χ3v) is 4.00. The number of ketones is 1. The van der Waals surface area contributed by atoms with Crippen molar-refractivity contribution >= 4 is 29.3 Å². The average molecular weight is 412 g/mol. The smallest absolute Gasteiger partial charge is 0.329 e. The second-order valence-electron chi connectivity index (χ2n) is 6.59. The van der Waals surface area contributed by atoms with Crippen LogP contribution in [0.25, 0.3) is 0 Å². The summed E-state index contributed by atoms with van der Waals surface area (Å²) in [7, 11) is 0. The Hall–Kier alpha value is -3.68. The third-order valence-electron chi connectivity index (χ3n) is 4.00. The van der Waals surface area contributed by atoms with E-state index in [1.165, 1.54) is 32.9 Å². The minimum atomic E-state index is -1.04. The van der Waals surface area contributed by atoms with E-state index in [1.807, 2.05) is 6.07 Å². The molecule has 2 rings (SSSR count). The van der Waals surface area contributed by atoms with Gasteiger partial charge in [-0.2, -0.15) is 0 Å². The molecule has 0 unspecified atom stereocenters. The zero-order valence-electron chi connectivity index (χ0n) is 17.0. The van der Waals surface area contributed by atoms with Crippen LogP contribution in [0.15, 0.2) is 54.6 Å². The first-order valence-electron chi connectivity index (χ1n) is 9.36. The monoisotopic (exact) mass is 412 g/mol. The van der Waals surface area contributed by atoms with Crippen molar-refractivity contribution in [1.82, 2.24) is 5.32 Å². The van der Waals surface area contributed by atoms with Gasteiger partial charge in [0.2, 0.25) is 11.7 Å². The SMILES string of the molecule is CC(=O)Nc1ccc(C(=O)[C@@H](C)OC(=O)[C@H](C)NC(=O)COc2ccccc2)cc1. The highest BCUT2D eigenvalue weighted by atomic mass is 16.5. The first kappa shape index (κ1) is 22.6. The van der Waals surface area contributed by atoms with Crippen LogP contribution in [0, 0.1) is 0 Å². The number of para-hydroxylation sites is 1. The number of esters is 1. The summed E-state index contributed by atoms with van der Waals surface area (Å²) < 4.78 is 10.5. The minimum absolute atomic E-state index is 0.221. The second-order valence-corrected chi connectivity index (χ2v) is 6.59. The number of Topliss-reactive ketones (excluding diaryl/α,β-unsaturated/α-hetero) is 1. The predicted molar refractivity (Wildman–Crippen MR) is 110 cm³/mol. The van der Waals surface area contributed by atoms with E-state index in [2.05, 4.69) is 10.6 Å². The maximum atomic E-state index is 12.4. The van der Waals surface area contributed by atoms with Crippen LogP contribution < -0.4 is 15.4 Å². The molecule has 0 aliphatic carbocycles. The van der Waals surface area contributed by atoms with Gasteiger partial charge < -0.3 is 20.1 Å². The van der Waals surface area contributed by atoms with Gasteiger partial charge in [-0.3, -0.25) is 14.4 Å². The van der Waals surface area contributed by atoms with Crippen LogP contribution in [0.5, 0.6) is 5.75 Å². The summed E-state index contributed by atoms with van der Waals surface area (Å²) in [5, 5.41) is 5.07. The van der Waals surface area contributed by atoms with Crippen LogP contribution >= 0.6 is 0 Å². The number of carbonyl (C=O) groups excluding carboxylic acids is 4. The Morgan fingerprint density at radius 2 is 1.57 bits per heavy atom. The number of anilines is 1. The number of rotatable bonds is 9. The Bertz CT molecular complexity index is 896. The van der Waals surface area contributed by atoms with Gasteiger partial charge in [0.1, 0.15) is 11.8 Å². The summed E-state index contributed by atoms with van der Waals surface area (Å²) in [5.41, 5.74) is 0.884. The Labute approximate surface area is 174 Å². The van der Waals surface area contributed by atoms with Gasteiger partial charge >= 0.3 is 5.97 Å². The molecule has 0 aliphatic heterocycles. The Balaban J connectivity index is 1.82. The van der Waals surface area contributed by atoms with E-state index in [9.17, 15) is 19.2 Å². The summed E-state index contributed by atoms with van der Waals surface area (Å²) in [6.07, 6.45) is -1.04. The molecule has 2 aromatic carbocycles. The van der Waals surface area contributed by atoms with Crippen LogP contribution in [-0.2, 0) is 19.1 Å². The summed E-state index contributed by atoms with van der Waals surface area (Å²) in [4.78, 5) is 47.6. The number of carbonyl (C=O) groups is 4. The molecule has 158 valence electrons. The van der Waals surface area contributed by atoms with Crippen LogP contribution in [0.1, 0.15) is 31.1 Å².